The fraction of sp³-hybridized carbons (Fsp3) is 0.600. The Kier molecular flexibility index (Phi) is 4.88. The van der Waals surface area contributed by atoms with E-state index in [1.807, 2.05) is 0 Å². The lowest BCUT2D eigenvalue weighted by atomic mass is 10.0. The summed E-state index contributed by atoms with van der Waals surface area (Å²) in [7, 11) is 0. The lowest BCUT2D eigenvalue weighted by Gasteiger charge is -2.33. The SMILES string of the molecule is CC1CCCCN1CCC(O)c1cccc(F)c1F. The Bertz CT molecular complexity index is 425. The van der Waals surface area contributed by atoms with Gasteiger partial charge in [-0.2, -0.15) is 0 Å². The van der Waals surface area contributed by atoms with E-state index in [1.54, 1.807) is 0 Å². The van der Waals surface area contributed by atoms with Gasteiger partial charge in [-0.25, -0.2) is 8.78 Å². The highest BCUT2D eigenvalue weighted by molar-refractivity contribution is 5.21. The molecule has 4 heteroatoms. The number of benzene rings is 1. The van der Waals surface area contributed by atoms with Gasteiger partial charge in [0, 0.05) is 18.2 Å². The zero-order valence-corrected chi connectivity index (χ0v) is 11.3. The van der Waals surface area contributed by atoms with Gasteiger partial charge in [-0.1, -0.05) is 18.6 Å². The molecule has 2 rings (SSSR count). The molecule has 1 aliphatic rings. The van der Waals surface area contributed by atoms with E-state index < -0.39 is 17.7 Å². The number of halogens is 2. The van der Waals surface area contributed by atoms with Crippen LogP contribution in [-0.2, 0) is 0 Å². The molecule has 1 fully saturated rings. The lowest BCUT2D eigenvalue weighted by molar-refractivity contribution is 0.107. The van der Waals surface area contributed by atoms with E-state index in [4.69, 9.17) is 0 Å². The van der Waals surface area contributed by atoms with Crippen molar-refractivity contribution in [3.8, 4) is 0 Å². The van der Waals surface area contributed by atoms with Crippen LogP contribution in [0.1, 0.15) is 44.3 Å². The Hall–Kier alpha value is -1.00. The predicted molar refractivity (Wildman–Crippen MR) is 70.8 cm³/mol. The van der Waals surface area contributed by atoms with E-state index in [9.17, 15) is 13.9 Å². The molecule has 2 atom stereocenters. The van der Waals surface area contributed by atoms with Crippen LogP contribution >= 0.6 is 0 Å². The third-order valence-corrected chi connectivity index (χ3v) is 3.97. The quantitative estimate of drug-likeness (QED) is 0.907. The van der Waals surface area contributed by atoms with Gasteiger partial charge in [0.2, 0.25) is 0 Å². The minimum absolute atomic E-state index is 0.0599. The molecule has 0 aliphatic carbocycles. The summed E-state index contributed by atoms with van der Waals surface area (Å²) in [4.78, 5) is 2.31. The molecular weight excluding hydrogens is 248 g/mol. The zero-order valence-electron chi connectivity index (χ0n) is 11.3. The van der Waals surface area contributed by atoms with E-state index >= 15 is 0 Å². The maximum atomic E-state index is 13.5. The monoisotopic (exact) mass is 269 g/mol. The van der Waals surface area contributed by atoms with Gasteiger partial charge in [-0.3, -0.25) is 0 Å². The Labute approximate surface area is 113 Å². The van der Waals surface area contributed by atoms with Gasteiger partial charge in [0.05, 0.1) is 6.10 Å². The van der Waals surface area contributed by atoms with Crippen molar-refractivity contribution in [1.82, 2.24) is 4.90 Å². The summed E-state index contributed by atoms with van der Waals surface area (Å²) in [5.41, 5.74) is 0.0599. The summed E-state index contributed by atoms with van der Waals surface area (Å²) in [5, 5.41) is 10.0. The Balaban J connectivity index is 1.93. The molecule has 1 saturated heterocycles. The highest BCUT2D eigenvalue weighted by Gasteiger charge is 2.21. The van der Waals surface area contributed by atoms with Crippen LogP contribution in [0.3, 0.4) is 0 Å². The minimum atomic E-state index is -0.940. The summed E-state index contributed by atoms with van der Waals surface area (Å²) in [5.74, 6) is -1.83. The normalized spacial score (nSPS) is 22.4. The molecule has 1 heterocycles. The molecule has 2 unspecified atom stereocenters. The summed E-state index contributed by atoms with van der Waals surface area (Å²) >= 11 is 0. The summed E-state index contributed by atoms with van der Waals surface area (Å²) in [6.07, 6.45) is 3.09. The summed E-state index contributed by atoms with van der Waals surface area (Å²) in [6, 6.07) is 4.46. The average molecular weight is 269 g/mol. The van der Waals surface area contributed by atoms with Crippen molar-refractivity contribution < 1.29 is 13.9 Å². The Morgan fingerprint density at radius 1 is 1.37 bits per heavy atom. The third kappa shape index (κ3) is 3.51. The predicted octanol–water partition coefficient (Wildman–Crippen LogP) is 3.26. The van der Waals surface area contributed by atoms with Crippen molar-refractivity contribution in [2.24, 2.45) is 0 Å². The van der Waals surface area contributed by atoms with Crippen LogP contribution in [0, 0.1) is 11.6 Å². The van der Waals surface area contributed by atoms with Crippen molar-refractivity contribution >= 4 is 0 Å². The number of likely N-dealkylation sites (tertiary alicyclic amines) is 1. The maximum absolute atomic E-state index is 13.5. The van der Waals surface area contributed by atoms with Crippen molar-refractivity contribution in [2.75, 3.05) is 13.1 Å². The van der Waals surface area contributed by atoms with Crippen LogP contribution in [0.4, 0.5) is 8.78 Å². The smallest absolute Gasteiger partial charge is 0.164 e. The molecule has 0 amide bonds. The van der Waals surface area contributed by atoms with Gasteiger partial charge in [0.15, 0.2) is 11.6 Å². The van der Waals surface area contributed by atoms with Crippen molar-refractivity contribution in [2.45, 2.75) is 44.8 Å². The van der Waals surface area contributed by atoms with Gasteiger partial charge in [0.25, 0.3) is 0 Å². The van der Waals surface area contributed by atoms with Crippen LogP contribution in [0.15, 0.2) is 18.2 Å². The molecule has 1 aromatic carbocycles. The van der Waals surface area contributed by atoms with E-state index in [1.165, 1.54) is 31.4 Å². The number of piperidine rings is 1. The van der Waals surface area contributed by atoms with Crippen molar-refractivity contribution in [3.63, 3.8) is 0 Å². The molecule has 2 nitrogen and oxygen atoms in total. The van der Waals surface area contributed by atoms with Gasteiger partial charge < -0.3 is 10.0 Å². The fourth-order valence-electron chi connectivity index (χ4n) is 2.71. The van der Waals surface area contributed by atoms with Gasteiger partial charge in [-0.05, 0) is 38.8 Å². The van der Waals surface area contributed by atoms with Crippen LogP contribution in [0.2, 0.25) is 0 Å². The van der Waals surface area contributed by atoms with Crippen molar-refractivity contribution in [3.05, 3.63) is 35.4 Å². The van der Waals surface area contributed by atoms with Crippen LogP contribution in [-0.4, -0.2) is 29.1 Å². The number of hydrogen-bond donors (Lipinski definition) is 1. The van der Waals surface area contributed by atoms with E-state index in [0.717, 1.165) is 19.2 Å². The molecule has 1 N–H and O–H groups in total. The average Bonchev–Trinajstić information content (AvgIpc) is 2.40. The van der Waals surface area contributed by atoms with E-state index in [0.29, 0.717) is 12.5 Å². The number of nitrogens with zero attached hydrogens (tertiary/aromatic N) is 1. The molecule has 0 spiro atoms. The molecule has 106 valence electrons. The minimum Gasteiger partial charge on any atom is -0.388 e. The first-order valence-electron chi connectivity index (χ1n) is 6.95. The van der Waals surface area contributed by atoms with E-state index in [2.05, 4.69) is 11.8 Å². The molecule has 19 heavy (non-hydrogen) atoms. The molecular formula is C15H21F2NO. The molecule has 0 radical (unpaired) electrons. The van der Waals surface area contributed by atoms with Gasteiger partial charge in [0.1, 0.15) is 0 Å². The number of aliphatic hydroxyl groups excluding tert-OH is 1. The molecule has 1 aliphatic heterocycles. The highest BCUT2D eigenvalue weighted by Crippen LogP contribution is 2.24. The topological polar surface area (TPSA) is 23.5 Å². The van der Waals surface area contributed by atoms with Gasteiger partial charge >= 0.3 is 0 Å². The third-order valence-electron chi connectivity index (χ3n) is 3.97. The summed E-state index contributed by atoms with van der Waals surface area (Å²) in [6.45, 7) is 3.92. The first-order valence-corrected chi connectivity index (χ1v) is 6.95. The lowest BCUT2D eigenvalue weighted by Crippen LogP contribution is -2.38. The molecule has 0 bridgehead atoms. The van der Waals surface area contributed by atoms with E-state index in [-0.39, 0.29) is 5.56 Å². The molecule has 0 aromatic heterocycles. The van der Waals surface area contributed by atoms with Crippen LogP contribution in [0.5, 0.6) is 0 Å². The largest absolute Gasteiger partial charge is 0.388 e. The first kappa shape index (κ1) is 14.4. The molecule has 0 saturated carbocycles. The zero-order chi connectivity index (χ0) is 13.8. The number of aliphatic hydroxyl groups is 1. The van der Waals surface area contributed by atoms with Crippen LogP contribution in [0.25, 0.3) is 0 Å². The second kappa shape index (κ2) is 6.44. The van der Waals surface area contributed by atoms with Gasteiger partial charge in [-0.15, -0.1) is 0 Å². The van der Waals surface area contributed by atoms with Crippen LogP contribution < -0.4 is 0 Å². The Morgan fingerprint density at radius 3 is 2.89 bits per heavy atom. The standard InChI is InChI=1S/C15H21F2NO/c1-11-5-2-3-9-18(11)10-8-14(19)12-6-4-7-13(16)15(12)17/h4,6-7,11,14,19H,2-3,5,8-10H2,1H3. The second-order valence-corrected chi connectivity index (χ2v) is 5.33. The Morgan fingerprint density at radius 2 is 2.16 bits per heavy atom. The second-order valence-electron chi connectivity index (χ2n) is 5.33. The number of rotatable bonds is 4. The number of hydrogen-bond acceptors (Lipinski definition) is 2. The first-order chi connectivity index (χ1) is 9.09. The fourth-order valence-corrected chi connectivity index (χ4v) is 2.71. The highest BCUT2D eigenvalue weighted by atomic mass is 19.2. The maximum Gasteiger partial charge on any atom is 0.164 e. The summed E-state index contributed by atoms with van der Waals surface area (Å²) < 4.78 is 26.6. The molecule has 1 aromatic rings. The van der Waals surface area contributed by atoms with Crippen molar-refractivity contribution in [1.29, 1.82) is 0 Å².